The number of amides is 2. The fourth-order valence-electron chi connectivity index (χ4n) is 4.27. The molecule has 0 saturated carbocycles. The molecule has 3 aliphatic heterocycles. The number of nitrogens with one attached hydrogen (secondary N) is 3. The van der Waals surface area contributed by atoms with Crippen molar-refractivity contribution in [2.45, 2.75) is 12.5 Å². The Balaban J connectivity index is 1.43. The number of oxime groups is 1. The van der Waals surface area contributed by atoms with Gasteiger partial charge in [-0.15, -0.1) is 0 Å². The van der Waals surface area contributed by atoms with Gasteiger partial charge in [-0.3, -0.25) is 9.59 Å². The van der Waals surface area contributed by atoms with Gasteiger partial charge in [0.25, 0.3) is 11.8 Å². The van der Waals surface area contributed by atoms with Crippen LogP contribution in [0.3, 0.4) is 0 Å². The molecular formula is C23H22FN5O3. The lowest BCUT2D eigenvalue weighted by Gasteiger charge is -2.12. The molecular weight excluding hydrogens is 413 g/mol. The number of halogens is 1. The largest absolute Gasteiger partial charge is 0.385 e. The number of fused-ring (bicyclic) bond motifs is 2. The van der Waals surface area contributed by atoms with Crippen molar-refractivity contribution in [3.05, 3.63) is 65.1 Å². The third-order valence-corrected chi connectivity index (χ3v) is 5.76. The standard InChI is InChI=1S/C23H22FN5O3/c1-29-9-8-14(11-29)25-19(30)12-32-28-21-15-4-2-3-5-17(15)26-22(21)20-16-10-13(24)6-7-18(16)27-23(20)31/h2-7,10,14,26H,8-9,11-12H2,1H3,(H,25,30)(H,27,31)/b22-20-,28-21+. The summed E-state index contributed by atoms with van der Waals surface area (Å²) in [4.78, 5) is 32.5. The summed E-state index contributed by atoms with van der Waals surface area (Å²) in [6.07, 6.45) is 0.898. The zero-order chi connectivity index (χ0) is 22.2. The number of allylic oxidation sites excluding steroid dienone is 1. The van der Waals surface area contributed by atoms with E-state index >= 15 is 0 Å². The van der Waals surface area contributed by atoms with Crippen molar-refractivity contribution in [2.75, 3.05) is 37.4 Å². The van der Waals surface area contributed by atoms with Crippen molar-refractivity contribution >= 4 is 34.5 Å². The van der Waals surface area contributed by atoms with Gasteiger partial charge in [0, 0.05) is 35.1 Å². The van der Waals surface area contributed by atoms with E-state index in [0.29, 0.717) is 22.7 Å². The highest BCUT2D eigenvalue weighted by Crippen LogP contribution is 2.39. The van der Waals surface area contributed by atoms with Crippen LogP contribution in [0.1, 0.15) is 17.5 Å². The highest BCUT2D eigenvalue weighted by molar-refractivity contribution is 6.39. The lowest BCUT2D eigenvalue weighted by Crippen LogP contribution is -2.38. The van der Waals surface area contributed by atoms with Gasteiger partial charge in [-0.05, 0) is 44.3 Å². The number of hydrogen-bond acceptors (Lipinski definition) is 6. The monoisotopic (exact) mass is 435 g/mol. The molecule has 3 heterocycles. The molecule has 3 N–H and O–H groups in total. The summed E-state index contributed by atoms with van der Waals surface area (Å²) in [5.41, 5.74) is 3.51. The minimum Gasteiger partial charge on any atom is -0.385 e. The van der Waals surface area contributed by atoms with Gasteiger partial charge in [0.1, 0.15) is 11.5 Å². The smallest absolute Gasteiger partial charge is 0.261 e. The number of carbonyl (C=O) groups excluding carboxylic acids is 2. The van der Waals surface area contributed by atoms with Crippen LogP contribution in [0.4, 0.5) is 15.8 Å². The van der Waals surface area contributed by atoms with Gasteiger partial charge >= 0.3 is 0 Å². The number of likely N-dealkylation sites (N-methyl/N-ethyl adjacent to an activating group) is 1. The first-order chi connectivity index (χ1) is 15.5. The van der Waals surface area contributed by atoms with Crippen molar-refractivity contribution in [2.24, 2.45) is 5.16 Å². The van der Waals surface area contributed by atoms with Gasteiger partial charge in [0.2, 0.25) is 0 Å². The molecule has 0 spiro atoms. The average molecular weight is 435 g/mol. The van der Waals surface area contributed by atoms with Gasteiger partial charge in [-0.1, -0.05) is 23.4 Å². The predicted octanol–water partition coefficient (Wildman–Crippen LogP) is 2.16. The van der Waals surface area contributed by atoms with Crippen LogP contribution in [-0.2, 0) is 14.4 Å². The average Bonchev–Trinajstić information content (AvgIpc) is 3.42. The van der Waals surface area contributed by atoms with Crippen molar-refractivity contribution < 1.29 is 18.8 Å². The normalized spacial score (nSPS) is 23.0. The topological polar surface area (TPSA) is 95.1 Å². The minimum atomic E-state index is -0.446. The second-order valence-electron chi connectivity index (χ2n) is 8.09. The molecule has 0 aliphatic carbocycles. The molecule has 1 atom stereocenters. The number of nitrogens with zero attached hydrogens (tertiary/aromatic N) is 2. The van der Waals surface area contributed by atoms with E-state index in [9.17, 15) is 14.0 Å². The van der Waals surface area contributed by atoms with E-state index in [1.54, 1.807) is 0 Å². The third kappa shape index (κ3) is 3.71. The number of anilines is 2. The summed E-state index contributed by atoms with van der Waals surface area (Å²) in [7, 11) is 2.01. The SMILES string of the molecule is CN1CCC(NC(=O)CO/N=C2/C(=C3/C(=O)Nc4ccc(F)cc43)Nc3ccccc32)C1. The Morgan fingerprint density at radius 2 is 2.03 bits per heavy atom. The first-order valence-corrected chi connectivity index (χ1v) is 10.4. The quantitative estimate of drug-likeness (QED) is 0.505. The molecule has 164 valence electrons. The van der Waals surface area contributed by atoms with Crippen molar-refractivity contribution in [3.63, 3.8) is 0 Å². The van der Waals surface area contributed by atoms with Gasteiger partial charge in [0.15, 0.2) is 6.61 Å². The van der Waals surface area contributed by atoms with Crippen LogP contribution >= 0.6 is 0 Å². The van der Waals surface area contributed by atoms with Gasteiger partial charge < -0.3 is 25.7 Å². The number of likely N-dealkylation sites (tertiary alicyclic amines) is 1. The van der Waals surface area contributed by atoms with Gasteiger partial charge in [0.05, 0.1) is 11.3 Å². The predicted molar refractivity (Wildman–Crippen MR) is 119 cm³/mol. The molecule has 32 heavy (non-hydrogen) atoms. The Kier molecular flexibility index (Phi) is 5.10. The van der Waals surface area contributed by atoms with E-state index < -0.39 is 5.82 Å². The van der Waals surface area contributed by atoms with E-state index in [0.717, 1.165) is 30.8 Å². The highest BCUT2D eigenvalue weighted by atomic mass is 19.1. The number of para-hydroxylation sites is 1. The highest BCUT2D eigenvalue weighted by Gasteiger charge is 2.34. The summed E-state index contributed by atoms with van der Waals surface area (Å²) < 4.78 is 13.9. The zero-order valence-electron chi connectivity index (χ0n) is 17.4. The summed E-state index contributed by atoms with van der Waals surface area (Å²) >= 11 is 0. The molecule has 1 saturated heterocycles. The molecule has 2 aromatic rings. The summed E-state index contributed by atoms with van der Waals surface area (Å²) in [6.45, 7) is 1.50. The number of carbonyl (C=O) groups is 2. The molecule has 0 bridgehead atoms. The molecule has 1 unspecified atom stereocenters. The van der Waals surface area contributed by atoms with E-state index in [4.69, 9.17) is 4.84 Å². The lowest BCUT2D eigenvalue weighted by molar-refractivity contribution is -0.126. The van der Waals surface area contributed by atoms with E-state index in [2.05, 4.69) is 26.0 Å². The maximum absolute atomic E-state index is 13.9. The molecule has 9 heteroatoms. The zero-order valence-corrected chi connectivity index (χ0v) is 17.4. The number of hydrogen-bond donors (Lipinski definition) is 3. The van der Waals surface area contributed by atoms with Crippen LogP contribution in [-0.4, -0.2) is 55.2 Å². The molecule has 5 rings (SSSR count). The fraction of sp³-hybridized carbons (Fsp3) is 0.261. The number of benzene rings is 2. The minimum absolute atomic E-state index is 0.101. The van der Waals surface area contributed by atoms with E-state index in [1.807, 2.05) is 31.3 Å². The maximum atomic E-state index is 13.9. The fourth-order valence-corrected chi connectivity index (χ4v) is 4.27. The van der Waals surface area contributed by atoms with Crippen molar-refractivity contribution in [1.82, 2.24) is 10.2 Å². The summed E-state index contributed by atoms with van der Waals surface area (Å²) in [5, 5.41) is 13.1. The third-order valence-electron chi connectivity index (χ3n) is 5.76. The van der Waals surface area contributed by atoms with Crippen LogP contribution in [0.15, 0.2) is 53.3 Å². The van der Waals surface area contributed by atoms with Crippen molar-refractivity contribution in [3.8, 4) is 0 Å². The summed E-state index contributed by atoms with van der Waals surface area (Å²) in [5.74, 6) is -1.07. The van der Waals surface area contributed by atoms with Crippen LogP contribution in [0.5, 0.6) is 0 Å². The van der Waals surface area contributed by atoms with Crippen LogP contribution in [0.25, 0.3) is 5.57 Å². The Hall–Kier alpha value is -3.72. The van der Waals surface area contributed by atoms with Crippen molar-refractivity contribution in [1.29, 1.82) is 0 Å². The molecule has 0 aromatic heterocycles. The Labute approximate surface area is 184 Å². The van der Waals surface area contributed by atoms with Crippen LogP contribution < -0.4 is 16.0 Å². The molecule has 3 aliphatic rings. The van der Waals surface area contributed by atoms with E-state index in [-0.39, 0.29) is 30.0 Å². The first-order valence-electron chi connectivity index (χ1n) is 10.4. The van der Waals surface area contributed by atoms with Gasteiger partial charge in [-0.25, -0.2) is 4.39 Å². The molecule has 1 fully saturated rings. The molecule has 2 aromatic carbocycles. The second-order valence-corrected chi connectivity index (χ2v) is 8.09. The van der Waals surface area contributed by atoms with Gasteiger partial charge in [-0.2, -0.15) is 0 Å². The lowest BCUT2D eigenvalue weighted by atomic mass is 10.0. The Morgan fingerprint density at radius 3 is 2.84 bits per heavy atom. The van der Waals surface area contributed by atoms with Crippen LogP contribution in [0.2, 0.25) is 0 Å². The summed E-state index contributed by atoms with van der Waals surface area (Å²) in [6, 6.07) is 11.6. The first kappa shape index (κ1) is 20.2. The molecule has 8 nitrogen and oxygen atoms in total. The second kappa shape index (κ2) is 8.08. The molecule has 0 radical (unpaired) electrons. The van der Waals surface area contributed by atoms with Crippen LogP contribution in [0, 0.1) is 5.82 Å². The number of rotatable bonds is 4. The molecule has 2 amide bonds. The Morgan fingerprint density at radius 1 is 1.22 bits per heavy atom. The maximum Gasteiger partial charge on any atom is 0.261 e. The Bertz CT molecular complexity index is 1180. The van der Waals surface area contributed by atoms with E-state index in [1.165, 1.54) is 18.2 Å².